The number of nitrogens with one attached hydrogen (secondary N) is 2. The molecule has 0 saturated carbocycles. The van der Waals surface area contributed by atoms with Crippen LogP contribution in [0.25, 0.3) is 0 Å². The number of amides is 1. The first kappa shape index (κ1) is 15.2. The molecule has 21 heavy (non-hydrogen) atoms. The zero-order chi connectivity index (χ0) is 15.2. The summed E-state index contributed by atoms with van der Waals surface area (Å²) in [6, 6.07) is 12.9. The molecule has 0 aliphatic rings. The standard InChI is InChI=1S/C16H17ClN2O2/c1-18-16(20)11-7-8-13(17)14(9-11)19-10-12-5-3-4-6-15(12)21-2/h3-9,19H,10H2,1-2H3,(H,18,20). The lowest BCUT2D eigenvalue weighted by molar-refractivity contribution is 0.0963. The second-order valence-corrected chi connectivity index (χ2v) is 4.85. The second kappa shape index (κ2) is 6.99. The van der Waals surface area contributed by atoms with Crippen LogP contribution in [0.15, 0.2) is 42.5 Å². The van der Waals surface area contributed by atoms with Crippen LogP contribution in [0, 0.1) is 0 Å². The molecule has 4 nitrogen and oxygen atoms in total. The first-order valence-corrected chi connectivity index (χ1v) is 6.91. The molecule has 0 saturated heterocycles. The number of hydrogen-bond acceptors (Lipinski definition) is 3. The average molecular weight is 305 g/mol. The first-order chi connectivity index (χ1) is 10.2. The summed E-state index contributed by atoms with van der Waals surface area (Å²) >= 11 is 6.16. The van der Waals surface area contributed by atoms with Crippen molar-refractivity contribution in [2.75, 3.05) is 19.5 Å². The van der Waals surface area contributed by atoms with Crippen molar-refractivity contribution in [1.29, 1.82) is 0 Å². The van der Waals surface area contributed by atoms with E-state index in [0.29, 0.717) is 22.8 Å². The Kier molecular flexibility index (Phi) is 5.06. The number of carbonyl (C=O) groups excluding carboxylic acids is 1. The van der Waals surface area contributed by atoms with Gasteiger partial charge in [-0.15, -0.1) is 0 Å². The van der Waals surface area contributed by atoms with Gasteiger partial charge in [-0.3, -0.25) is 4.79 Å². The highest BCUT2D eigenvalue weighted by Crippen LogP contribution is 2.25. The third-order valence-corrected chi connectivity index (χ3v) is 3.45. The van der Waals surface area contributed by atoms with Gasteiger partial charge >= 0.3 is 0 Å². The zero-order valence-corrected chi connectivity index (χ0v) is 12.7. The summed E-state index contributed by atoms with van der Waals surface area (Å²) in [6.07, 6.45) is 0. The summed E-state index contributed by atoms with van der Waals surface area (Å²) in [5.74, 6) is 0.663. The highest BCUT2D eigenvalue weighted by molar-refractivity contribution is 6.33. The van der Waals surface area contributed by atoms with Crippen LogP contribution in [0.4, 0.5) is 5.69 Å². The van der Waals surface area contributed by atoms with Crippen molar-refractivity contribution in [2.24, 2.45) is 0 Å². The van der Waals surface area contributed by atoms with Crippen LogP contribution in [-0.2, 0) is 6.54 Å². The molecule has 2 N–H and O–H groups in total. The highest BCUT2D eigenvalue weighted by atomic mass is 35.5. The molecule has 0 bridgehead atoms. The van der Waals surface area contributed by atoms with Gasteiger partial charge in [-0.2, -0.15) is 0 Å². The van der Waals surface area contributed by atoms with Gasteiger partial charge in [0.05, 0.1) is 17.8 Å². The van der Waals surface area contributed by atoms with Gasteiger partial charge in [-0.05, 0) is 24.3 Å². The summed E-state index contributed by atoms with van der Waals surface area (Å²) in [7, 11) is 3.23. The lowest BCUT2D eigenvalue weighted by atomic mass is 10.1. The quantitative estimate of drug-likeness (QED) is 0.891. The summed E-state index contributed by atoms with van der Waals surface area (Å²) in [5, 5.41) is 6.39. The predicted octanol–water partition coefficient (Wildman–Crippen LogP) is 3.32. The highest BCUT2D eigenvalue weighted by Gasteiger charge is 2.08. The Balaban J connectivity index is 2.17. The van der Waals surface area contributed by atoms with E-state index in [2.05, 4.69) is 10.6 Å². The zero-order valence-electron chi connectivity index (χ0n) is 11.9. The minimum Gasteiger partial charge on any atom is -0.496 e. The minimum absolute atomic E-state index is 0.146. The second-order valence-electron chi connectivity index (χ2n) is 4.44. The number of halogens is 1. The molecule has 0 radical (unpaired) electrons. The molecule has 0 fully saturated rings. The molecule has 0 aliphatic carbocycles. The molecule has 2 rings (SSSR count). The Hall–Kier alpha value is -2.20. The number of rotatable bonds is 5. The molecule has 2 aromatic rings. The van der Waals surface area contributed by atoms with Crippen LogP contribution >= 0.6 is 11.6 Å². The van der Waals surface area contributed by atoms with E-state index in [4.69, 9.17) is 16.3 Å². The molecule has 1 amide bonds. The average Bonchev–Trinajstić information content (AvgIpc) is 2.53. The van der Waals surface area contributed by atoms with Crippen molar-refractivity contribution >= 4 is 23.2 Å². The molecular formula is C16H17ClN2O2. The number of benzene rings is 2. The van der Waals surface area contributed by atoms with Crippen molar-refractivity contribution in [3.05, 3.63) is 58.6 Å². The van der Waals surface area contributed by atoms with E-state index in [0.717, 1.165) is 11.3 Å². The van der Waals surface area contributed by atoms with Gasteiger partial charge in [0, 0.05) is 24.7 Å². The maximum Gasteiger partial charge on any atom is 0.251 e. The van der Waals surface area contributed by atoms with Gasteiger partial charge in [0.15, 0.2) is 0 Å². The molecule has 110 valence electrons. The van der Waals surface area contributed by atoms with Gasteiger partial charge in [0.25, 0.3) is 5.91 Å². The number of ether oxygens (including phenoxy) is 1. The van der Waals surface area contributed by atoms with Gasteiger partial charge in [0.1, 0.15) is 5.75 Å². The Morgan fingerprint density at radius 1 is 1.24 bits per heavy atom. The fourth-order valence-corrected chi connectivity index (χ4v) is 2.17. The van der Waals surface area contributed by atoms with Crippen molar-refractivity contribution in [3.63, 3.8) is 0 Å². The molecule has 0 aliphatic heterocycles. The summed E-state index contributed by atoms with van der Waals surface area (Å²) in [4.78, 5) is 11.6. The molecule has 0 unspecified atom stereocenters. The van der Waals surface area contributed by atoms with Crippen molar-refractivity contribution in [1.82, 2.24) is 5.32 Å². The number of hydrogen-bond donors (Lipinski definition) is 2. The van der Waals surface area contributed by atoms with Gasteiger partial charge < -0.3 is 15.4 Å². The smallest absolute Gasteiger partial charge is 0.251 e. The molecular weight excluding hydrogens is 288 g/mol. The van der Waals surface area contributed by atoms with E-state index in [9.17, 15) is 4.79 Å². The minimum atomic E-state index is -0.146. The van der Waals surface area contributed by atoms with Crippen LogP contribution in [0.2, 0.25) is 5.02 Å². The molecule has 0 atom stereocenters. The van der Waals surface area contributed by atoms with Crippen LogP contribution < -0.4 is 15.4 Å². The van der Waals surface area contributed by atoms with Crippen molar-refractivity contribution in [2.45, 2.75) is 6.54 Å². The van der Waals surface area contributed by atoms with E-state index in [1.807, 2.05) is 24.3 Å². The van der Waals surface area contributed by atoms with Gasteiger partial charge in [-0.25, -0.2) is 0 Å². The number of anilines is 1. The largest absolute Gasteiger partial charge is 0.496 e. The van der Waals surface area contributed by atoms with Crippen LogP contribution in [0.5, 0.6) is 5.75 Å². The van der Waals surface area contributed by atoms with Crippen LogP contribution in [-0.4, -0.2) is 20.1 Å². The normalized spacial score (nSPS) is 10.0. The van der Waals surface area contributed by atoms with Crippen LogP contribution in [0.3, 0.4) is 0 Å². The number of para-hydroxylation sites is 1. The van der Waals surface area contributed by atoms with Crippen molar-refractivity contribution in [3.8, 4) is 5.75 Å². The molecule has 2 aromatic carbocycles. The number of methoxy groups -OCH3 is 1. The van der Waals surface area contributed by atoms with E-state index < -0.39 is 0 Å². The lowest BCUT2D eigenvalue weighted by Gasteiger charge is -2.12. The maximum absolute atomic E-state index is 11.6. The SMILES string of the molecule is CNC(=O)c1ccc(Cl)c(NCc2ccccc2OC)c1. The van der Waals surface area contributed by atoms with Crippen LogP contribution in [0.1, 0.15) is 15.9 Å². The molecule has 0 heterocycles. The van der Waals surface area contributed by atoms with E-state index in [1.165, 1.54) is 0 Å². The fourth-order valence-electron chi connectivity index (χ4n) is 1.99. The summed E-state index contributed by atoms with van der Waals surface area (Å²) in [6.45, 7) is 0.556. The molecule has 5 heteroatoms. The van der Waals surface area contributed by atoms with Gasteiger partial charge in [0.2, 0.25) is 0 Å². The first-order valence-electron chi connectivity index (χ1n) is 6.53. The van der Waals surface area contributed by atoms with Gasteiger partial charge in [-0.1, -0.05) is 29.8 Å². The number of carbonyl (C=O) groups is 1. The summed E-state index contributed by atoms with van der Waals surface area (Å²) in [5.41, 5.74) is 2.29. The summed E-state index contributed by atoms with van der Waals surface area (Å²) < 4.78 is 5.31. The Morgan fingerprint density at radius 3 is 2.71 bits per heavy atom. The Labute approximate surface area is 129 Å². The fraction of sp³-hybridized carbons (Fsp3) is 0.188. The Morgan fingerprint density at radius 2 is 2.00 bits per heavy atom. The lowest BCUT2D eigenvalue weighted by Crippen LogP contribution is -2.17. The van der Waals surface area contributed by atoms with E-state index >= 15 is 0 Å². The van der Waals surface area contributed by atoms with E-state index in [1.54, 1.807) is 32.4 Å². The molecule has 0 spiro atoms. The molecule has 0 aromatic heterocycles. The predicted molar refractivity (Wildman–Crippen MR) is 85.2 cm³/mol. The third-order valence-electron chi connectivity index (χ3n) is 3.12. The van der Waals surface area contributed by atoms with Crippen molar-refractivity contribution < 1.29 is 9.53 Å². The third kappa shape index (κ3) is 3.67. The topological polar surface area (TPSA) is 50.4 Å². The monoisotopic (exact) mass is 304 g/mol. The van der Waals surface area contributed by atoms with E-state index in [-0.39, 0.29) is 5.91 Å². The maximum atomic E-state index is 11.6. The Bertz CT molecular complexity index is 644.